The summed E-state index contributed by atoms with van der Waals surface area (Å²) in [6, 6.07) is 0. The Balaban J connectivity index is 1.76. The van der Waals surface area contributed by atoms with Gasteiger partial charge in [-0.3, -0.25) is 9.59 Å². The second-order valence-electron chi connectivity index (χ2n) is 5.68. The molecule has 102 valence electrons. The SMILES string of the molecule is NC1(C(=O)N2CCC(CCC(=O)O)CC2)CCC1. The summed E-state index contributed by atoms with van der Waals surface area (Å²) in [4.78, 5) is 24.6. The highest BCUT2D eigenvalue weighted by Crippen LogP contribution is 2.32. The number of amides is 1. The minimum atomic E-state index is -0.733. The molecule has 0 atom stereocenters. The van der Waals surface area contributed by atoms with Gasteiger partial charge in [-0.05, 0) is 44.4 Å². The molecular formula is C13H22N2O3. The minimum absolute atomic E-state index is 0.102. The van der Waals surface area contributed by atoms with Gasteiger partial charge >= 0.3 is 5.97 Å². The molecule has 3 N–H and O–H groups in total. The van der Waals surface area contributed by atoms with E-state index in [1.54, 1.807) is 0 Å². The van der Waals surface area contributed by atoms with E-state index in [2.05, 4.69) is 0 Å². The molecule has 1 saturated carbocycles. The molecule has 5 heteroatoms. The summed E-state index contributed by atoms with van der Waals surface area (Å²) in [6.07, 6.45) is 5.46. The monoisotopic (exact) mass is 254 g/mol. The number of carbonyl (C=O) groups excluding carboxylic acids is 1. The van der Waals surface area contributed by atoms with Crippen LogP contribution in [0.25, 0.3) is 0 Å². The Bertz CT molecular complexity index is 331. The van der Waals surface area contributed by atoms with Gasteiger partial charge in [0.25, 0.3) is 0 Å². The zero-order chi connectivity index (χ0) is 13.2. The normalized spacial score (nSPS) is 23.5. The Labute approximate surface area is 107 Å². The average Bonchev–Trinajstić information content (AvgIpc) is 2.33. The smallest absolute Gasteiger partial charge is 0.303 e. The molecule has 0 unspecified atom stereocenters. The summed E-state index contributed by atoms with van der Waals surface area (Å²) in [5.41, 5.74) is 5.45. The Kier molecular flexibility index (Phi) is 3.90. The first-order valence-electron chi connectivity index (χ1n) is 6.81. The summed E-state index contributed by atoms with van der Waals surface area (Å²) in [6.45, 7) is 1.48. The highest BCUT2D eigenvalue weighted by Gasteiger charge is 2.43. The van der Waals surface area contributed by atoms with Crippen LogP contribution in [0.15, 0.2) is 0 Å². The molecule has 0 aromatic rings. The molecule has 18 heavy (non-hydrogen) atoms. The molecule has 1 saturated heterocycles. The summed E-state index contributed by atoms with van der Waals surface area (Å²) in [5, 5.41) is 8.65. The Morgan fingerprint density at radius 3 is 2.33 bits per heavy atom. The molecule has 2 aliphatic rings. The third-order valence-corrected chi connectivity index (χ3v) is 4.34. The quantitative estimate of drug-likeness (QED) is 0.783. The number of carbonyl (C=O) groups is 2. The van der Waals surface area contributed by atoms with Crippen LogP contribution in [0.3, 0.4) is 0 Å². The van der Waals surface area contributed by atoms with Gasteiger partial charge in [-0.15, -0.1) is 0 Å². The fraction of sp³-hybridized carbons (Fsp3) is 0.846. The van der Waals surface area contributed by atoms with Crippen molar-refractivity contribution >= 4 is 11.9 Å². The molecule has 0 aromatic carbocycles. The summed E-state index contributed by atoms with van der Waals surface area (Å²) >= 11 is 0. The first-order chi connectivity index (χ1) is 8.51. The highest BCUT2D eigenvalue weighted by atomic mass is 16.4. The number of piperidine rings is 1. The van der Waals surface area contributed by atoms with Gasteiger partial charge in [-0.2, -0.15) is 0 Å². The van der Waals surface area contributed by atoms with Crippen LogP contribution in [0.1, 0.15) is 44.9 Å². The number of nitrogens with zero attached hydrogens (tertiary/aromatic N) is 1. The van der Waals surface area contributed by atoms with E-state index in [-0.39, 0.29) is 12.3 Å². The van der Waals surface area contributed by atoms with Gasteiger partial charge in [0.1, 0.15) is 0 Å². The van der Waals surface area contributed by atoms with E-state index in [0.29, 0.717) is 5.92 Å². The molecule has 0 spiro atoms. The van der Waals surface area contributed by atoms with Gasteiger partial charge < -0.3 is 15.7 Å². The van der Waals surface area contributed by atoms with Crippen molar-refractivity contribution in [1.29, 1.82) is 0 Å². The number of carboxylic acid groups (broad SMARTS) is 1. The van der Waals surface area contributed by atoms with Gasteiger partial charge in [0, 0.05) is 19.5 Å². The lowest BCUT2D eigenvalue weighted by Gasteiger charge is -2.42. The molecule has 1 heterocycles. The number of hydrogen-bond donors (Lipinski definition) is 2. The standard InChI is InChI=1S/C13H22N2O3/c14-13(6-1-7-13)12(18)15-8-4-10(5-9-15)2-3-11(16)17/h10H,1-9,14H2,(H,16,17). The number of nitrogens with two attached hydrogens (primary N) is 1. The van der Waals surface area contributed by atoms with E-state index < -0.39 is 11.5 Å². The second-order valence-corrected chi connectivity index (χ2v) is 5.68. The van der Waals surface area contributed by atoms with Gasteiger partial charge in [-0.1, -0.05) is 0 Å². The molecule has 2 rings (SSSR count). The minimum Gasteiger partial charge on any atom is -0.481 e. The van der Waals surface area contributed by atoms with Crippen LogP contribution < -0.4 is 5.73 Å². The molecule has 0 aromatic heterocycles. The van der Waals surface area contributed by atoms with Gasteiger partial charge in [-0.25, -0.2) is 0 Å². The van der Waals surface area contributed by atoms with Crippen LogP contribution in [0, 0.1) is 5.92 Å². The summed E-state index contributed by atoms with van der Waals surface area (Å²) in [7, 11) is 0. The number of carboxylic acids is 1. The molecule has 5 nitrogen and oxygen atoms in total. The Morgan fingerprint density at radius 1 is 1.28 bits per heavy atom. The Morgan fingerprint density at radius 2 is 1.89 bits per heavy atom. The maximum absolute atomic E-state index is 12.2. The third kappa shape index (κ3) is 2.83. The maximum atomic E-state index is 12.2. The van der Waals surface area contributed by atoms with Crippen LogP contribution in [-0.2, 0) is 9.59 Å². The zero-order valence-electron chi connectivity index (χ0n) is 10.7. The number of likely N-dealkylation sites (tertiary alicyclic amines) is 1. The van der Waals surface area contributed by atoms with Crippen molar-refractivity contribution in [1.82, 2.24) is 4.90 Å². The van der Waals surface area contributed by atoms with Crippen LogP contribution >= 0.6 is 0 Å². The fourth-order valence-corrected chi connectivity index (χ4v) is 2.84. The van der Waals surface area contributed by atoms with E-state index in [9.17, 15) is 9.59 Å². The molecule has 0 radical (unpaired) electrons. The van der Waals surface area contributed by atoms with E-state index in [0.717, 1.165) is 51.6 Å². The highest BCUT2D eigenvalue weighted by molar-refractivity contribution is 5.87. The largest absolute Gasteiger partial charge is 0.481 e. The summed E-state index contributed by atoms with van der Waals surface area (Å²) in [5.74, 6) is -0.186. The van der Waals surface area contributed by atoms with Crippen molar-refractivity contribution < 1.29 is 14.7 Å². The molecule has 0 bridgehead atoms. The Hall–Kier alpha value is -1.10. The van der Waals surface area contributed by atoms with Crippen molar-refractivity contribution in [2.45, 2.75) is 50.5 Å². The van der Waals surface area contributed by atoms with Crippen molar-refractivity contribution in [2.75, 3.05) is 13.1 Å². The second kappa shape index (κ2) is 5.26. The zero-order valence-corrected chi connectivity index (χ0v) is 10.7. The van der Waals surface area contributed by atoms with Gasteiger partial charge in [0.2, 0.25) is 5.91 Å². The topological polar surface area (TPSA) is 83.6 Å². The maximum Gasteiger partial charge on any atom is 0.303 e. The van der Waals surface area contributed by atoms with Crippen molar-refractivity contribution in [3.63, 3.8) is 0 Å². The van der Waals surface area contributed by atoms with Crippen molar-refractivity contribution in [3.8, 4) is 0 Å². The van der Waals surface area contributed by atoms with Crippen molar-refractivity contribution in [3.05, 3.63) is 0 Å². The molecule has 2 fully saturated rings. The number of rotatable bonds is 4. The third-order valence-electron chi connectivity index (χ3n) is 4.34. The van der Waals surface area contributed by atoms with E-state index in [1.807, 2.05) is 4.90 Å². The predicted octanol–water partition coefficient (Wildman–Crippen LogP) is 0.971. The van der Waals surface area contributed by atoms with Crippen LogP contribution in [-0.4, -0.2) is 40.5 Å². The summed E-state index contributed by atoms with van der Waals surface area (Å²) < 4.78 is 0. The van der Waals surface area contributed by atoms with Gasteiger partial charge in [0.05, 0.1) is 5.54 Å². The average molecular weight is 254 g/mol. The predicted molar refractivity (Wildman–Crippen MR) is 66.9 cm³/mol. The molecule has 1 aliphatic carbocycles. The van der Waals surface area contributed by atoms with E-state index >= 15 is 0 Å². The van der Waals surface area contributed by atoms with E-state index in [1.165, 1.54) is 0 Å². The lowest BCUT2D eigenvalue weighted by Crippen LogP contribution is -2.60. The van der Waals surface area contributed by atoms with Crippen LogP contribution in [0.4, 0.5) is 0 Å². The lowest BCUT2D eigenvalue weighted by molar-refractivity contribution is -0.142. The lowest BCUT2D eigenvalue weighted by atomic mass is 9.76. The first kappa shape index (κ1) is 13.3. The number of hydrogen-bond acceptors (Lipinski definition) is 3. The first-order valence-corrected chi connectivity index (χ1v) is 6.81. The molecule has 1 amide bonds. The van der Waals surface area contributed by atoms with Crippen LogP contribution in [0.2, 0.25) is 0 Å². The number of aliphatic carboxylic acids is 1. The van der Waals surface area contributed by atoms with Crippen LogP contribution in [0.5, 0.6) is 0 Å². The van der Waals surface area contributed by atoms with E-state index in [4.69, 9.17) is 10.8 Å². The van der Waals surface area contributed by atoms with Gasteiger partial charge in [0.15, 0.2) is 0 Å². The fourth-order valence-electron chi connectivity index (χ4n) is 2.84. The van der Waals surface area contributed by atoms with Crippen molar-refractivity contribution in [2.24, 2.45) is 11.7 Å². The molecular weight excluding hydrogens is 232 g/mol. The molecule has 1 aliphatic heterocycles.